The van der Waals surface area contributed by atoms with Crippen LogP contribution in [-0.2, 0) is 4.74 Å². The molecule has 1 heterocycles. The second kappa shape index (κ2) is 5.53. The van der Waals surface area contributed by atoms with Gasteiger partial charge in [0.15, 0.2) is 0 Å². The van der Waals surface area contributed by atoms with E-state index in [9.17, 15) is 4.79 Å². The van der Waals surface area contributed by atoms with Crippen LogP contribution in [0.2, 0.25) is 0 Å². The molecule has 2 aliphatic rings. The SMILES string of the molecule is CC1CCC(NC(=O)OC2CCCC2)CN1. The van der Waals surface area contributed by atoms with E-state index in [1.165, 1.54) is 12.8 Å². The molecule has 0 bridgehead atoms. The van der Waals surface area contributed by atoms with Crippen molar-refractivity contribution in [1.29, 1.82) is 0 Å². The highest BCUT2D eigenvalue weighted by atomic mass is 16.6. The van der Waals surface area contributed by atoms with Crippen LogP contribution in [0.3, 0.4) is 0 Å². The standard InChI is InChI=1S/C12H22N2O2/c1-9-6-7-10(8-13-9)14-12(15)16-11-4-2-3-5-11/h9-11,13H,2-8H2,1H3,(H,14,15). The fourth-order valence-corrected chi connectivity index (χ4v) is 2.48. The molecule has 92 valence electrons. The fraction of sp³-hybridized carbons (Fsp3) is 0.917. The van der Waals surface area contributed by atoms with Gasteiger partial charge in [-0.05, 0) is 45.4 Å². The van der Waals surface area contributed by atoms with Crippen molar-refractivity contribution in [3.63, 3.8) is 0 Å². The lowest BCUT2D eigenvalue weighted by Crippen LogP contribution is -2.49. The number of nitrogens with one attached hydrogen (secondary N) is 2. The molecule has 2 N–H and O–H groups in total. The first-order valence-corrected chi connectivity index (χ1v) is 6.44. The van der Waals surface area contributed by atoms with Crippen molar-refractivity contribution in [3.8, 4) is 0 Å². The molecule has 1 saturated carbocycles. The van der Waals surface area contributed by atoms with E-state index in [0.717, 1.165) is 32.2 Å². The Morgan fingerprint density at radius 1 is 1.25 bits per heavy atom. The third-order valence-electron chi connectivity index (χ3n) is 3.56. The summed E-state index contributed by atoms with van der Waals surface area (Å²) < 4.78 is 5.36. The van der Waals surface area contributed by atoms with Crippen LogP contribution >= 0.6 is 0 Å². The summed E-state index contributed by atoms with van der Waals surface area (Å²) in [5.74, 6) is 0. The van der Waals surface area contributed by atoms with Crippen molar-refractivity contribution < 1.29 is 9.53 Å². The van der Waals surface area contributed by atoms with Gasteiger partial charge in [-0.25, -0.2) is 4.79 Å². The minimum atomic E-state index is -0.228. The zero-order chi connectivity index (χ0) is 11.4. The maximum absolute atomic E-state index is 11.6. The van der Waals surface area contributed by atoms with E-state index in [1.54, 1.807) is 0 Å². The number of ether oxygens (including phenoxy) is 1. The summed E-state index contributed by atoms with van der Waals surface area (Å²) >= 11 is 0. The largest absolute Gasteiger partial charge is 0.446 e. The molecule has 2 fully saturated rings. The fourth-order valence-electron chi connectivity index (χ4n) is 2.48. The summed E-state index contributed by atoms with van der Waals surface area (Å²) in [6.07, 6.45) is 6.56. The Balaban J connectivity index is 1.66. The predicted molar refractivity (Wildman–Crippen MR) is 62.4 cm³/mol. The molecule has 4 nitrogen and oxygen atoms in total. The molecule has 0 spiro atoms. The van der Waals surface area contributed by atoms with E-state index in [1.807, 2.05) is 0 Å². The van der Waals surface area contributed by atoms with Gasteiger partial charge in [0.25, 0.3) is 0 Å². The molecule has 0 aromatic rings. The van der Waals surface area contributed by atoms with Gasteiger partial charge in [0, 0.05) is 18.6 Å². The third-order valence-corrected chi connectivity index (χ3v) is 3.56. The molecular formula is C12H22N2O2. The van der Waals surface area contributed by atoms with Gasteiger partial charge in [-0.1, -0.05) is 0 Å². The number of hydrogen-bond acceptors (Lipinski definition) is 3. The molecule has 16 heavy (non-hydrogen) atoms. The molecule has 2 unspecified atom stereocenters. The minimum absolute atomic E-state index is 0.162. The Kier molecular flexibility index (Phi) is 4.04. The van der Waals surface area contributed by atoms with Gasteiger partial charge in [-0.2, -0.15) is 0 Å². The second-order valence-corrected chi connectivity index (χ2v) is 5.04. The van der Waals surface area contributed by atoms with Crippen LogP contribution in [0.25, 0.3) is 0 Å². The van der Waals surface area contributed by atoms with Crippen LogP contribution < -0.4 is 10.6 Å². The van der Waals surface area contributed by atoms with E-state index < -0.39 is 0 Å². The molecule has 1 saturated heterocycles. The van der Waals surface area contributed by atoms with Crippen molar-refractivity contribution >= 4 is 6.09 Å². The van der Waals surface area contributed by atoms with Crippen molar-refractivity contribution in [2.24, 2.45) is 0 Å². The molecule has 2 rings (SSSR count). The highest BCUT2D eigenvalue weighted by Crippen LogP contribution is 2.21. The van der Waals surface area contributed by atoms with Gasteiger partial charge in [0.05, 0.1) is 0 Å². The summed E-state index contributed by atoms with van der Waals surface area (Å²) in [5, 5.41) is 6.30. The number of carbonyl (C=O) groups excluding carboxylic acids is 1. The Bertz CT molecular complexity index is 231. The molecule has 1 aliphatic heterocycles. The maximum Gasteiger partial charge on any atom is 0.407 e. The molecule has 2 atom stereocenters. The lowest BCUT2D eigenvalue weighted by molar-refractivity contribution is 0.0960. The van der Waals surface area contributed by atoms with E-state index >= 15 is 0 Å². The average molecular weight is 226 g/mol. The van der Waals surface area contributed by atoms with Crippen LogP contribution in [0.5, 0.6) is 0 Å². The van der Waals surface area contributed by atoms with E-state index in [4.69, 9.17) is 4.74 Å². The molecule has 0 aromatic carbocycles. The first kappa shape index (κ1) is 11.7. The molecule has 4 heteroatoms. The van der Waals surface area contributed by atoms with Crippen LogP contribution in [0.4, 0.5) is 4.79 Å². The highest BCUT2D eigenvalue weighted by molar-refractivity contribution is 5.67. The number of piperidine rings is 1. The van der Waals surface area contributed by atoms with Crippen LogP contribution in [-0.4, -0.2) is 30.8 Å². The molecule has 1 aliphatic carbocycles. The smallest absolute Gasteiger partial charge is 0.407 e. The normalized spacial score (nSPS) is 31.3. The first-order chi connectivity index (χ1) is 7.74. The van der Waals surface area contributed by atoms with Crippen molar-refractivity contribution in [2.45, 2.75) is 63.6 Å². The summed E-state index contributed by atoms with van der Waals surface area (Å²) in [6, 6.07) is 0.814. The maximum atomic E-state index is 11.6. The minimum Gasteiger partial charge on any atom is -0.446 e. The van der Waals surface area contributed by atoms with Gasteiger partial charge in [-0.3, -0.25) is 0 Å². The second-order valence-electron chi connectivity index (χ2n) is 5.04. The Morgan fingerprint density at radius 3 is 2.62 bits per heavy atom. The van der Waals surface area contributed by atoms with E-state index in [0.29, 0.717) is 6.04 Å². The number of hydrogen-bond donors (Lipinski definition) is 2. The third kappa shape index (κ3) is 3.37. The number of alkyl carbamates (subject to hydrolysis) is 1. The Hall–Kier alpha value is -0.770. The van der Waals surface area contributed by atoms with Crippen molar-refractivity contribution in [1.82, 2.24) is 10.6 Å². The average Bonchev–Trinajstić information content (AvgIpc) is 2.74. The summed E-state index contributed by atoms with van der Waals surface area (Å²) in [5.41, 5.74) is 0. The van der Waals surface area contributed by atoms with E-state index in [2.05, 4.69) is 17.6 Å². The first-order valence-electron chi connectivity index (χ1n) is 6.44. The Labute approximate surface area is 97.1 Å². The summed E-state index contributed by atoms with van der Waals surface area (Å²) in [7, 11) is 0. The van der Waals surface area contributed by atoms with Gasteiger partial charge in [-0.15, -0.1) is 0 Å². The number of carbonyl (C=O) groups is 1. The van der Waals surface area contributed by atoms with Crippen LogP contribution in [0.15, 0.2) is 0 Å². The molecule has 0 radical (unpaired) electrons. The topological polar surface area (TPSA) is 50.4 Å². The van der Waals surface area contributed by atoms with E-state index in [-0.39, 0.29) is 18.2 Å². The van der Waals surface area contributed by atoms with Gasteiger partial charge in [0.2, 0.25) is 0 Å². The van der Waals surface area contributed by atoms with Gasteiger partial charge in [0.1, 0.15) is 6.10 Å². The molecule has 1 amide bonds. The Morgan fingerprint density at radius 2 is 2.00 bits per heavy atom. The quantitative estimate of drug-likeness (QED) is 0.755. The van der Waals surface area contributed by atoms with Crippen molar-refractivity contribution in [2.75, 3.05) is 6.54 Å². The van der Waals surface area contributed by atoms with Gasteiger partial charge < -0.3 is 15.4 Å². The summed E-state index contributed by atoms with van der Waals surface area (Å²) in [6.45, 7) is 3.04. The zero-order valence-electron chi connectivity index (χ0n) is 10.00. The monoisotopic (exact) mass is 226 g/mol. The number of rotatable bonds is 2. The lowest BCUT2D eigenvalue weighted by Gasteiger charge is -2.28. The predicted octanol–water partition coefficient (Wildman–Crippen LogP) is 1.80. The van der Waals surface area contributed by atoms with Gasteiger partial charge >= 0.3 is 6.09 Å². The number of amides is 1. The van der Waals surface area contributed by atoms with Crippen LogP contribution in [0.1, 0.15) is 45.4 Å². The highest BCUT2D eigenvalue weighted by Gasteiger charge is 2.23. The molecular weight excluding hydrogens is 204 g/mol. The lowest BCUT2D eigenvalue weighted by atomic mass is 10.0. The van der Waals surface area contributed by atoms with Crippen LogP contribution in [0, 0.1) is 0 Å². The zero-order valence-corrected chi connectivity index (χ0v) is 10.00. The van der Waals surface area contributed by atoms with Crippen molar-refractivity contribution in [3.05, 3.63) is 0 Å². The molecule has 0 aromatic heterocycles. The summed E-state index contributed by atoms with van der Waals surface area (Å²) in [4.78, 5) is 11.6.